The highest BCUT2D eigenvalue weighted by molar-refractivity contribution is 5.94. The van der Waals surface area contributed by atoms with E-state index in [9.17, 15) is 9.59 Å². The van der Waals surface area contributed by atoms with E-state index in [4.69, 9.17) is 14.2 Å². The predicted octanol–water partition coefficient (Wildman–Crippen LogP) is 3.03. The SMILES string of the molecule is COC(=O)c1cc(OCC(=O)NCc2ccc(OC)cc2)c2cc(C)ccc2n1. The van der Waals surface area contributed by atoms with Crippen LogP contribution in [0.5, 0.6) is 11.5 Å². The number of carbonyl (C=O) groups excluding carboxylic acids is 2. The molecule has 0 saturated heterocycles. The van der Waals surface area contributed by atoms with Gasteiger partial charge < -0.3 is 19.5 Å². The van der Waals surface area contributed by atoms with Gasteiger partial charge in [-0.3, -0.25) is 4.79 Å². The van der Waals surface area contributed by atoms with Crippen LogP contribution in [0.4, 0.5) is 0 Å². The molecule has 0 radical (unpaired) electrons. The third-order valence-corrected chi connectivity index (χ3v) is 4.33. The fourth-order valence-electron chi connectivity index (χ4n) is 2.78. The molecular formula is C22H22N2O5. The van der Waals surface area contributed by atoms with Gasteiger partial charge in [0.25, 0.3) is 5.91 Å². The second-order valence-electron chi connectivity index (χ2n) is 6.43. The van der Waals surface area contributed by atoms with Crippen molar-refractivity contribution in [2.45, 2.75) is 13.5 Å². The van der Waals surface area contributed by atoms with Gasteiger partial charge in [-0.25, -0.2) is 9.78 Å². The molecular weight excluding hydrogens is 372 g/mol. The van der Waals surface area contributed by atoms with Crippen LogP contribution in [0.3, 0.4) is 0 Å². The van der Waals surface area contributed by atoms with E-state index in [-0.39, 0.29) is 18.2 Å². The number of methoxy groups -OCH3 is 2. The average molecular weight is 394 g/mol. The molecule has 0 aliphatic carbocycles. The Hall–Kier alpha value is -3.61. The Kier molecular flexibility index (Phi) is 6.29. The van der Waals surface area contributed by atoms with Crippen LogP contribution in [0.15, 0.2) is 48.5 Å². The minimum Gasteiger partial charge on any atom is -0.497 e. The normalized spacial score (nSPS) is 10.4. The molecule has 1 amide bonds. The van der Waals surface area contributed by atoms with E-state index in [2.05, 4.69) is 10.3 Å². The standard InChI is InChI=1S/C22H22N2O5/c1-14-4-9-18-17(10-14)20(11-19(24-18)22(26)28-3)29-13-21(25)23-12-15-5-7-16(27-2)8-6-15/h4-11H,12-13H2,1-3H3,(H,23,25). The van der Waals surface area contributed by atoms with Gasteiger partial charge in [0.2, 0.25) is 0 Å². The van der Waals surface area contributed by atoms with Gasteiger partial charge in [-0.15, -0.1) is 0 Å². The molecule has 0 fully saturated rings. The summed E-state index contributed by atoms with van der Waals surface area (Å²) in [7, 11) is 2.89. The summed E-state index contributed by atoms with van der Waals surface area (Å²) in [5, 5.41) is 3.53. The molecule has 2 aromatic carbocycles. The lowest BCUT2D eigenvalue weighted by molar-refractivity contribution is -0.123. The van der Waals surface area contributed by atoms with Gasteiger partial charge in [-0.2, -0.15) is 0 Å². The number of pyridine rings is 1. The fourth-order valence-corrected chi connectivity index (χ4v) is 2.78. The summed E-state index contributed by atoms with van der Waals surface area (Å²) in [6.45, 7) is 2.12. The van der Waals surface area contributed by atoms with Gasteiger partial charge in [-0.1, -0.05) is 23.8 Å². The van der Waals surface area contributed by atoms with Crippen molar-refractivity contribution >= 4 is 22.8 Å². The first-order valence-electron chi connectivity index (χ1n) is 9.02. The monoisotopic (exact) mass is 394 g/mol. The summed E-state index contributed by atoms with van der Waals surface area (Å²) in [5.41, 5.74) is 2.67. The number of aromatic nitrogens is 1. The highest BCUT2D eigenvalue weighted by Gasteiger charge is 2.14. The van der Waals surface area contributed by atoms with E-state index in [1.165, 1.54) is 13.2 Å². The number of ether oxygens (including phenoxy) is 3. The van der Waals surface area contributed by atoms with Crippen molar-refractivity contribution < 1.29 is 23.8 Å². The van der Waals surface area contributed by atoms with E-state index in [1.807, 2.05) is 43.3 Å². The van der Waals surface area contributed by atoms with Crippen molar-refractivity contribution in [3.05, 3.63) is 65.4 Å². The first kappa shape index (κ1) is 20.1. The van der Waals surface area contributed by atoms with E-state index >= 15 is 0 Å². The molecule has 0 aliphatic rings. The van der Waals surface area contributed by atoms with E-state index in [0.717, 1.165) is 22.3 Å². The summed E-state index contributed by atoms with van der Waals surface area (Å²) in [5.74, 6) is 0.308. The lowest BCUT2D eigenvalue weighted by Gasteiger charge is -2.12. The molecule has 0 aliphatic heterocycles. The molecule has 1 N–H and O–H groups in total. The minimum atomic E-state index is -0.568. The van der Waals surface area contributed by atoms with Crippen LogP contribution in [0.1, 0.15) is 21.6 Å². The first-order valence-corrected chi connectivity index (χ1v) is 9.02. The lowest BCUT2D eigenvalue weighted by Crippen LogP contribution is -2.28. The fraction of sp³-hybridized carbons (Fsp3) is 0.227. The zero-order chi connectivity index (χ0) is 20.8. The Morgan fingerprint density at radius 1 is 1.03 bits per heavy atom. The topological polar surface area (TPSA) is 86.8 Å². The smallest absolute Gasteiger partial charge is 0.356 e. The van der Waals surface area contributed by atoms with Crippen molar-refractivity contribution in [3.63, 3.8) is 0 Å². The molecule has 3 aromatic rings. The van der Waals surface area contributed by atoms with Gasteiger partial charge >= 0.3 is 5.97 Å². The molecule has 7 heteroatoms. The maximum absolute atomic E-state index is 12.2. The van der Waals surface area contributed by atoms with Crippen LogP contribution in [0, 0.1) is 6.92 Å². The van der Waals surface area contributed by atoms with Crippen molar-refractivity contribution in [3.8, 4) is 11.5 Å². The van der Waals surface area contributed by atoms with Crippen molar-refractivity contribution in [2.75, 3.05) is 20.8 Å². The van der Waals surface area contributed by atoms with Crippen molar-refractivity contribution in [1.29, 1.82) is 0 Å². The Morgan fingerprint density at radius 3 is 2.48 bits per heavy atom. The molecule has 29 heavy (non-hydrogen) atoms. The molecule has 0 spiro atoms. The quantitative estimate of drug-likeness (QED) is 0.620. The molecule has 1 heterocycles. The third kappa shape index (κ3) is 5.01. The Bertz CT molecular complexity index is 1030. The second kappa shape index (κ2) is 9.05. The average Bonchev–Trinajstić information content (AvgIpc) is 2.75. The van der Waals surface area contributed by atoms with Gasteiger partial charge in [0.15, 0.2) is 12.3 Å². The number of nitrogens with zero attached hydrogens (tertiary/aromatic N) is 1. The number of hydrogen-bond donors (Lipinski definition) is 1. The Morgan fingerprint density at radius 2 is 1.79 bits per heavy atom. The zero-order valence-corrected chi connectivity index (χ0v) is 16.5. The first-order chi connectivity index (χ1) is 14.0. The summed E-state index contributed by atoms with van der Waals surface area (Å²) >= 11 is 0. The second-order valence-corrected chi connectivity index (χ2v) is 6.43. The largest absolute Gasteiger partial charge is 0.497 e. The number of esters is 1. The highest BCUT2D eigenvalue weighted by Crippen LogP contribution is 2.27. The molecule has 1 aromatic heterocycles. The number of amides is 1. The summed E-state index contributed by atoms with van der Waals surface area (Å²) in [6.07, 6.45) is 0. The van der Waals surface area contributed by atoms with Gasteiger partial charge in [-0.05, 0) is 36.8 Å². The summed E-state index contributed by atoms with van der Waals surface area (Å²) in [6, 6.07) is 14.5. The van der Waals surface area contributed by atoms with Gasteiger partial charge in [0.1, 0.15) is 11.5 Å². The Balaban J connectivity index is 1.70. The number of benzene rings is 2. The number of fused-ring (bicyclic) bond motifs is 1. The van der Waals surface area contributed by atoms with Crippen molar-refractivity contribution in [2.24, 2.45) is 0 Å². The molecule has 0 saturated carbocycles. The molecule has 150 valence electrons. The molecule has 0 bridgehead atoms. The number of nitrogens with one attached hydrogen (secondary N) is 1. The summed E-state index contributed by atoms with van der Waals surface area (Å²) < 4.78 is 15.6. The Labute approximate surface area is 168 Å². The van der Waals surface area contributed by atoms with Crippen LogP contribution >= 0.6 is 0 Å². The summed E-state index contributed by atoms with van der Waals surface area (Å²) in [4.78, 5) is 28.4. The molecule has 7 nitrogen and oxygen atoms in total. The molecule has 0 atom stereocenters. The number of hydrogen-bond acceptors (Lipinski definition) is 6. The van der Waals surface area contributed by atoms with E-state index in [0.29, 0.717) is 17.8 Å². The van der Waals surface area contributed by atoms with E-state index < -0.39 is 5.97 Å². The van der Waals surface area contributed by atoms with Gasteiger partial charge in [0, 0.05) is 18.0 Å². The zero-order valence-electron chi connectivity index (χ0n) is 16.5. The van der Waals surface area contributed by atoms with Gasteiger partial charge in [0.05, 0.1) is 19.7 Å². The number of aryl methyl sites for hydroxylation is 1. The van der Waals surface area contributed by atoms with Crippen LogP contribution in [0.25, 0.3) is 10.9 Å². The molecule has 3 rings (SSSR count). The number of rotatable bonds is 7. The number of carbonyl (C=O) groups is 2. The van der Waals surface area contributed by atoms with Crippen LogP contribution in [-0.4, -0.2) is 37.7 Å². The van der Waals surface area contributed by atoms with Crippen LogP contribution in [0.2, 0.25) is 0 Å². The van der Waals surface area contributed by atoms with E-state index in [1.54, 1.807) is 13.2 Å². The van der Waals surface area contributed by atoms with Crippen molar-refractivity contribution in [1.82, 2.24) is 10.3 Å². The maximum Gasteiger partial charge on any atom is 0.356 e. The molecule has 0 unspecified atom stereocenters. The van der Waals surface area contributed by atoms with Crippen LogP contribution in [-0.2, 0) is 16.1 Å². The third-order valence-electron chi connectivity index (χ3n) is 4.33. The minimum absolute atomic E-state index is 0.123. The predicted molar refractivity (Wildman–Crippen MR) is 108 cm³/mol. The maximum atomic E-state index is 12.2. The highest BCUT2D eigenvalue weighted by atomic mass is 16.5. The van der Waals surface area contributed by atoms with Crippen LogP contribution < -0.4 is 14.8 Å². The lowest BCUT2D eigenvalue weighted by atomic mass is 10.1.